The average molecular weight is 421 g/mol. The first kappa shape index (κ1) is 20.2. The van der Waals surface area contributed by atoms with E-state index in [2.05, 4.69) is 26.0 Å². The first-order chi connectivity index (χ1) is 14.4. The van der Waals surface area contributed by atoms with Crippen molar-refractivity contribution in [3.05, 3.63) is 76.7 Å². The highest BCUT2D eigenvalue weighted by Gasteiger charge is 2.22. The molecule has 154 valence electrons. The van der Waals surface area contributed by atoms with Gasteiger partial charge in [0.15, 0.2) is 5.13 Å². The third-order valence-corrected chi connectivity index (χ3v) is 6.27. The van der Waals surface area contributed by atoms with Gasteiger partial charge in [-0.25, -0.2) is 4.98 Å². The Balaban J connectivity index is 1.67. The normalized spacial score (nSPS) is 11.1. The zero-order valence-corrected chi connectivity index (χ0v) is 18.4. The molecule has 5 nitrogen and oxygen atoms in total. The maximum Gasteiger partial charge on any atom is 0.233 e. The van der Waals surface area contributed by atoms with Crippen LogP contribution in [0.3, 0.4) is 0 Å². The molecule has 2 aromatic carbocycles. The fraction of sp³-hybridized carbons (Fsp3) is 0.250. The zero-order chi connectivity index (χ0) is 21.3. The Morgan fingerprint density at radius 1 is 1.10 bits per heavy atom. The minimum atomic E-state index is -0.0246. The van der Waals surface area contributed by atoms with Gasteiger partial charge >= 0.3 is 0 Å². The molecule has 0 fully saturated rings. The fourth-order valence-corrected chi connectivity index (χ4v) is 4.49. The van der Waals surface area contributed by atoms with E-state index in [-0.39, 0.29) is 12.3 Å². The van der Waals surface area contributed by atoms with E-state index < -0.39 is 0 Å². The lowest BCUT2D eigenvalue weighted by atomic mass is 10.1. The summed E-state index contributed by atoms with van der Waals surface area (Å²) < 4.78 is 11.9. The van der Waals surface area contributed by atoms with Gasteiger partial charge in [-0.15, -0.1) is 0 Å². The number of hydrogen-bond donors (Lipinski definition) is 0. The first-order valence-electron chi connectivity index (χ1n) is 9.78. The number of amides is 1. The summed E-state index contributed by atoms with van der Waals surface area (Å²) in [4.78, 5) is 19.8. The van der Waals surface area contributed by atoms with Crippen molar-refractivity contribution in [3.8, 4) is 5.75 Å². The number of fused-ring (bicyclic) bond motifs is 1. The van der Waals surface area contributed by atoms with Gasteiger partial charge < -0.3 is 9.15 Å². The molecule has 2 aromatic heterocycles. The third kappa shape index (κ3) is 4.09. The summed E-state index contributed by atoms with van der Waals surface area (Å²) in [6.07, 6.45) is 1.90. The van der Waals surface area contributed by atoms with Crippen LogP contribution in [0.2, 0.25) is 0 Å². The first-order valence-corrected chi connectivity index (χ1v) is 10.6. The number of thiazole rings is 1. The van der Waals surface area contributed by atoms with Crippen LogP contribution in [0.25, 0.3) is 10.2 Å². The van der Waals surface area contributed by atoms with Crippen LogP contribution < -0.4 is 9.64 Å². The van der Waals surface area contributed by atoms with E-state index in [1.54, 1.807) is 18.3 Å². The predicted molar refractivity (Wildman–Crippen MR) is 120 cm³/mol. The van der Waals surface area contributed by atoms with Gasteiger partial charge in [0, 0.05) is 0 Å². The molecule has 1 amide bonds. The summed E-state index contributed by atoms with van der Waals surface area (Å²) in [6, 6.07) is 13.7. The lowest BCUT2D eigenvalue weighted by Gasteiger charge is -2.19. The molecular weight excluding hydrogens is 396 g/mol. The lowest BCUT2D eigenvalue weighted by Crippen LogP contribution is -2.31. The van der Waals surface area contributed by atoms with Gasteiger partial charge in [0.05, 0.1) is 36.6 Å². The highest BCUT2D eigenvalue weighted by Crippen LogP contribution is 2.32. The topological polar surface area (TPSA) is 55.6 Å². The molecule has 4 rings (SSSR count). The van der Waals surface area contributed by atoms with Crippen LogP contribution in [-0.2, 0) is 17.8 Å². The molecule has 0 atom stereocenters. The van der Waals surface area contributed by atoms with E-state index in [1.807, 2.05) is 37.3 Å². The number of rotatable bonds is 6. The van der Waals surface area contributed by atoms with Crippen molar-refractivity contribution in [2.45, 2.75) is 33.7 Å². The van der Waals surface area contributed by atoms with E-state index in [0.717, 1.165) is 32.9 Å². The summed E-state index contributed by atoms with van der Waals surface area (Å²) in [7, 11) is 1.65. The highest BCUT2D eigenvalue weighted by atomic mass is 32.1. The quantitative estimate of drug-likeness (QED) is 0.407. The fourth-order valence-electron chi connectivity index (χ4n) is 3.42. The number of methoxy groups -OCH3 is 1. The van der Waals surface area contributed by atoms with Gasteiger partial charge in [0.2, 0.25) is 5.91 Å². The van der Waals surface area contributed by atoms with Crippen LogP contribution in [0.4, 0.5) is 5.13 Å². The predicted octanol–water partition coefficient (Wildman–Crippen LogP) is 5.60. The van der Waals surface area contributed by atoms with Crippen molar-refractivity contribution < 1.29 is 13.9 Å². The second kappa shape index (κ2) is 8.32. The number of anilines is 1. The van der Waals surface area contributed by atoms with Gasteiger partial charge in [-0.2, -0.15) is 0 Å². The van der Waals surface area contributed by atoms with E-state index in [9.17, 15) is 4.79 Å². The van der Waals surface area contributed by atoms with E-state index in [4.69, 9.17) is 14.1 Å². The van der Waals surface area contributed by atoms with Crippen molar-refractivity contribution in [2.75, 3.05) is 12.0 Å². The van der Waals surface area contributed by atoms with Gasteiger partial charge in [0.1, 0.15) is 11.5 Å². The van der Waals surface area contributed by atoms with E-state index in [1.165, 1.54) is 22.5 Å². The minimum Gasteiger partial charge on any atom is -0.496 e. The maximum absolute atomic E-state index is 13.3. The molecular formula is C24H24N2O3S. The number of benzene rings is 2. The van der Waals surface area contributed by atoms with Crippen LogP contribution in [-0.4, -0.2) is 18.0 Å². The van der Waals surface area contributed by atoms with Gasteiger partial charge in [-0.05, 0) is 73.4 Å². The zero-order valence-electron chi connectivity index (χ0n) is 17.6. The summed E-state index contributed by atoms with van der Waals surface area (Å²) in [5.41, 5.74) is 5.27. The maximum atomic E-state index is 13.3. The van der Waals surface area contributed by atoms with Gasteiger partial charge in [-0.3, -0.25) is 9.69 Å². The molecule has 4 aromatic rings. The number of nitrogens with zero attached hydrogens (tertiary/aromatic N) is 2. The van der Waals surface area contributed by atoms with Crippen molar-refractivity contribution in [1.82, 2.24) is 4.98 Å². The Kier molecular flexibility index (Phi) is 5.59. The summed E-state index contributed by atoms with van der Waals surface area (Å²) in [5.74, 6) is 1.51. The number of aromatic nitrogens is 1. The Labute approximate surface area is 179 Å². The number of hydrogen-bond acceptors (Lipinski definition) is 5. The van der Waals surface area contributed by atoms with E-state index >= 15 is 0 Å². The number of aryl methyl sites for hydroxylation is 3. The Bertz CT molecular complexity index is 1160. The standard InChI is InChI=1S/C24H24N2O3S/c1-15-11-20-22(12-16(15)2)30-24(25-20)26(14-19-6-5-9-29-19)23(27)13-18-7-8-21(28-4)17(3)10-18/h5-12H,13-14H2,1-4H3. The molecule has 0 saturated carbocycles. The molecule has 0 saturated heterocycles. The van der Waals surface area contributed by atoms with Crippen molar-refractivity contribution in [2.24, 2.45) is 0 Å². The molecule has 0 radical (unpaired) electrons. The van der Waals surface area contributed by atoms with Crippen LogP contribution in [0, 0.1) is 20.8 Å². The van der Waals surface area contributed by atoms with Crippen molar-refractivity contribution in [3.63, 3.8) is 0 Å². The molecule has 0 unspecified atom stereocenters. The number of ether oxygens (including phenoxy) is 1. The highest BCUT2D eigenvalue weighted by molar-refractivity contribution is 7.22. The Morgan fingerprint density at radius 3 is 2.60 bits per heavy atom. The van der Waals surface area contributed by atoms with Gasteiger partial charge in [0.25, 0.3) is 0 Å². The summed E-state index contributed by atoms with van der Waals surface area (Å²) in [6.45, 7) is 6.49. The van der Waals surface area contributed by atoms with E-state index in [0.29, 0.717) is 11.7 Å². The second-order valence-corrected chi connectivity index (χ2v) is 8.45. The van der Waals surface area contributed by atoms with Crippen LogP contribution in [0.1, 0.15) is 28.0 Å². The van der Waals surface area contributed by atoms with Gasteiger partial charge in [-0.1, -0.05) is 23.5 Å². The Hall–Kier alpha value is -3.12. The monoisotopic (exact) mass is 420 g/mol. The van der Waals surface area contributed by atoms with Crippen molar-refractivity contribution >= 4 is 32.6 Å². The molecule has 0 spiro atoms. The van der Waals surface area contributed by atoms with Crippen LogP contribution in [0.5, 0.6) is 5.75 Å². The number of carbonyl (C=O) groups excluding carboxylic acids is 1. The molecule has 30 heavy (non-hydrogen) atoms. The molecule has 0 aliphatic rings. The second-order valence-electron chi connectivity index (χ2n) is 7.44. The molecule has 0 aliphatic carbocycles. The SMILES string of the molecule is COc1ccc(CC(=O)N(Cc2ccco2)c2nc3cc(C)c(C)cc3s2)cc1C. The summed E-state index contributed by atoms with van der Waals surface area (Å²) in [5, 5.41) is 0.682. The number of furan rings is 1. The molecule has 0 bridgehead atoms. The Morgan fingerprint density at radius 2 is 1.90 bits per heavy atom. The largest absolute Gasteiger partial charge is 0.496 e. The van der Waals surface area contributed by atoms with Crippen LogP contribution in [0.15, 0.2) is 53.1 Å². The molecule has 0 aliphatic heterocycles. The minimum absolute atomic E-state index is 0.0246. The van der Waals surface area contributed by atoms with Crippen molar-refractivity contribution in [1.29, 1.82) is 0 Å². The third-order valence-electron chi connectivity index (χ3n) is 5.23. The smallest absolute Gasteiger partial charge is 0.233 e. The molecule has 6 heteroatoms. The number of carbonyl (C=O) groups is 1. The molecule has 2 heterocycles. The summed E-state index contributed by atoms with van der Waals surface area (Å²) >= 11 is 1.53. The average Bonchev–Trinajstić information content (AvgIpc) is 3.36. The molecule has 0 N–H and O–H groups in total. The lowest BCUT2D eigenvalue weighted by molar-refractivity contribution is -0.118. The van der Waals surface area contributed by atoms with Crippen LogP contribution >= 0.6 is 11.3 Å².